The van der Waals surface area contributed by atoms with Crippen molar-refractivity contribution in [1.29, 1.82) is 0 Å². The Kier molecular flexibility index (Phi) is 3.35. The van der Waals surface area contributed by atoms with Crippen molar-refractivity contribution in [2.24, 2.45) is 0 Å². The van der Waals surface area contributed by atoms with Gasteiger partial charge in [-0.1, -0.05) is 30.4 Å². The van der Waals surface area contributed by atoms with Gasteiger partial charge in [0.05, 0.1) is 7.11 Å². The van der Waals surface area contributed by atoms with E-state index in [-0.39, 0.29) is 5.75 Å². The molecule has 2 heteroatoms. The first kappa shape index (κ1) is 10.4. The minimum Gasteiger partial charge on any atom is -0.504 e. The molecule has 0 aliphatic carbocycles. The average molecular weight is 190 g/mol. The van der Waals surface area contributed by atoms with Crippen molar-refractivity contribution in [1.82, 2.24) is 0 Å². The monoisotopic (exact) mass is 190 g/mol. The molecule has 0 amide bonds. The quantitative estimate of drug-likeness (QED) is 0.742. The fraction of sp³-hybridized carbons (Fsp3) is 0.167. The maximum Gasteiger partial charge on any atom is 0.161 e. The maximum atomic E-state index is 9.36. The van der Waals surface area contributed by atoms with Crippen LogP contribution in [0.3, 0.4) is 0 Å². The van der Waals surface area contributed by atoms with Crippen LogP contribution in [0.5, 0.6) is 11.5 Å². The molecule has 74 valence electrons. The molecule has 0 saturated heterocycles. The van der Waals surface area contributed by atoms with Crippen LogP contribution in [0, 0.1) is 0 Å². The summed E-state index contributed by atoms with van der Waals surface area (Å²) < 4.78 is 5.00. The molecule has 1 N–H and O–H groups in total. The molecule has 0 saturated carbocycles. The van der Waals surface area contributed by atoms with E-state index in [2.05, 4.69) is 6.58 Å². The van der Waals surface area contributed by atoms with Gasteiger partial charge in [0.2, 0.25) is 0 Å². The van der Waals surface area contributed by atoms with Gasteiger partial charge in [0, 0.05) is 0 Å². The number of benzene rings is 1. The Labute approximate surface area is 84.1 Å². The molecule has 0 atom stereocenters. The summed E-state index contributed by atoms with van der Waals surface area (Å²) in [6, 6.07) is 5.22. The Hall–Kier alpha value is -1.70. The van der Waals surface area contributed by atoms with Gasteiger partial charge >= 0.3 is 0 Å². The fourth-order valence-corrected chi connectivity index (χ4v) is 1.11. The number of allylic oxidation sites excluding steroid dienone is 2. The zero-order valence-corrected chi connectivity index (χ0v) is 8.45. The smallest absolute Gasteiger partial charge is 0.161 e. The zero-order chi connectivity index (χ0) is 10.6. The highest BCUT2D eigenvalue weighted by Crippen LogP contribution is 2.27. The summed E-state index contributed by atoms with van der Waals surface area (Å²) in [7, 11) is 1.53. The minimum atomic E-state index is 0.154. The molecule has 0 aliphatic heterocycles. The van der Waals surface area contributed by atoms with Crippen molar-refractivity contribution in [2.45, 2.75) is 6.92 Å². The molecule has 1 rings (SSSR count). The minimum absolute atomic E-state index is 0.154. The zero-order valence-electron chi connectivity index (χ0n) is 8.45. The molecule has 0 fully saturated rings. The molecule has 1 aromatic carbocycles. The third-order valence-corrected chi connectivity index (χ3v) is 1.92. The van der Waals surface area contributed by atoms with Gasteiger partial charge < -0.3 is 9.84 Å². The largest absolute Gasteiger partial charge is 0.504 e. The Morgan fingerprint density at radius 1 is 1.50 bits per heavy atom. The van der Waals surface area contributed by atoms with E-state index in [0.717, 1.165) is 11.1 Å². The van der Waals surface area contributed by atoms with Gasteiger partial charge in [-0.25, -0.2) is 0 Å². The Balaban J connectivity index is 3.06. The van der Waals surface area contributed by atoms with Gasteiger partial charge in [-0.05, 0) is 24.6 Å². The number of hydrogen-bond acceptors (Lipinski definition) is 2. The van der Waals surface area contributed by atoms with Crippen LogP contribution in [0.4, 0.5) is 0 Å². The molecule has 0 bridgehead atoms. The third kappa shape index (κ3) is 2.39. The lowest BCUT2D eigenvalue weighted by atomic mass is 10.1. The first-order valence-corrected chi connectivity index (χ1v) is 4.35. The van der Waals surface area contributed by atoms with E-state index >= 15 is 0 Å². The molecule has 0 spiro atoms. The summed E-state index contributed by atoms with van der Waals surface area (Å²) in [6.45, 7) is 5.63. The van der Waals surface area contributed by atoms with E-state index in [9.17, 15) is 5.11 Å². The number of rotatable bonds is 3. The van der Waals surface area contributed by atoms with Crippen LogP contribution < -0.4 is 4.74 Å². The van der Waals surface area contributed by atoms with Crippen LogP contribution in [0.1, 0.15) is 12.5 Å². The Morgan fingerprint density at radius 3 is 2.79 bits per heavy atom. The topological polar surface area (TPSA) is 29.5 Å². The van der Waals surface area contributed by atoms with Crippen molar-refractivity contribution in [2.75, 3.05) is 7.11 Å². The summed E-state index contributed by atoms with van der Waals surface area (Å²) in [5, 5.41) is 9.36. The first-order chi connectivity index (χ1) is 6.67. The van der Waals surface area contributed by atoms with E-state index in [1.165, 1.54) is 7.11 Å². The van der Waals surface area contributed by atoms with Crippen LogP contribution in [-0.4, -0.2) is 12.2 Å². The number of phenols is 1. The van der Waals surface area contributed by atoms with Crippen molar-refractivity contribution in [3.63, 3.8) is 0 Å². The van der Waals surface area contributed by atoms with Gasteiger partial charge in [0.15, 0.2) is 11.5 Å². The number of phenolic OH excluding ortho intramolecular Hbond substituents is 1. The molecule has 14 heavy (non-hydrogen) atoms. The molecular formula is C12H14O2. The molecule has 1 aromatic rings. The third-order valence-electron chi connectivity index (χ3n) is 1.92. The second-order valence-electron chi connectivity index (χ2n) is 3.02. The van der Waals surface area contributed by atoms with Gasteiger partial charge in [-0.2, -0.15) is 0 Å². The molecular weight excluding hydrogens is 176 g/mol. The van der Waals surface area contributed by atoms with Crippen molar-refractivity contribution in [3.05, 3.63) is 42.0 Å². The van der Waals surface area contributed by atoms with Crippen molar-refractivity contribution < 1.29 is 9.84 Å². The standard InChI is InChI=1S/C12H14O2/c1-4-9(2)7-10-5-6-11(13)12(8-10)14-3/h4-8,13H,1H2,2-3H3. The van der Waals surface area contributed by atoms with E-state index in [0.29, 0.717) is 5.75 Å². The second-order valence-corrected chi connectivity index (χ2v) is 3.02. The SMILES string of the molecule is C=CC(C)=Cc1ccc(O)c(OC)c1. The fourth-order valence-electron chi connectivity index (χ4n) is 1.11. The van der Waals surface area contributed by atoms with Crippen LogP contribution >= 0.6 is 0 Å². The maximum absolute atomic E-state index is 9.36. The first-order valence-electron chi connectivity index (χ1n) is 4.35. The van der Waals surface area contributed by atoms with E-state index in [1.807, 2.05) is 19.1 Å². The molecule has 0 aromatic heterocycles. The lowest BCUT2D eigenvalue weighted by Crippen LogP contribution is -1.84. The average Bonchev–Trinajstić information content (AvgIpc) is 2.20. The highest BCUT2D eigenvalue weighted by molar-refractivity contribution is 5.59. The predicted octanol–water partition coefficient (Wildman–Crippen LogP) is 2.99. The summed E-state index contributed by atoms with van der Waals surface area (Å²) in [4.78, 5) is 0. The van der Waals surface area contributed by atoms with Gasteiger partial charge in [0.25, 0.3) is 0 Å². The molecule has 2 nitrogen and oxygen atoms in total. The lowest BCUT2D eigenvalue weighted by molar-refractivity contribution is 0.373. The predicted molar refractivity (Wildman–Crippen MR) is 58.5 cm³/mol. The van der Waals surface area contributed by atoms with Gasteiger partial charge in [-0.15, -0.1) is 0 Å². The number of hydrogen-bond donors (Lipinski definition) is 1. The van der Waals surface area contributed by atoms with Crippen LogP contribution in [0.25, 0.3) is 6.08 Å². The Morgan fingerprint density at radius 2 is 2.21 bits per heavy atom. The number of aromatic hydroxyl groups is 1. The van der Waals surface area contributed by atoms with E-state index < -0.39 is 0 Å². The Bertz CT molecular complexity index is 365. The van der Waals surface area contributed by atoms with Crippen molar-refractivity contribution >= 4 is 6.08 Å². The van der Waals surface area contributed by atoms with Gasteiger partial charge in [0.1, 0.15) is 0 Å². The van der Waals surface area contributed by atoms with Crippen LogP contribution in [-0.2, 0) is 0 Å². The highest BCUT2D eigenvalue weighted by atomic mass is 16.5. The molecule has 0 unspecified atom stereocenters. The molecule has 0 heterocycles. The summed E-state index contributed by atoms with van der Waals surface area (Å²) >= 11 is 0. The molecule has 0 aliphatic rings. The van der Waals surface area contributed by atoms with Crippen LogP contribution in [0.2, 0.25) is 0 Å². The number of methoxy groups -OCH3 is 1. The second kappa shape index (κ2) is 4.51. The molecule has 0 radical (unpaired) electrons. The highest BCUT2D eigenvalue weighted by Gasteiger charge is 2.00. The van der Waals surface area contributed by atoms with Gasteiger partial charge in [-0.3, -0.25) is 0 Å². The normalized spacial score (nSPS) is 11.1. The lowest BCUT2D eigenvalue weighted by Gasteiger charge is -2.04. The van der Waals surface area contributed by atoms with E-state index in [1.54, 1.807) is 18.2 Å². The summed E-state index contributed by atoms with van der Waals surface area (Å²) in [6.07, 6.45) is 3.74. The summed E-state index contributed by atoms with van der Waals surface area (Å²) in [5.74, 6) is 0.636. The number of ether oxygens (including phenoxy) is 1. The van der Waals surface area contributed by atoms with Crippen LogP contribution in [0.15, 0.2) is 36.4 Å². The summed E-state index contributed by atoms with van der Waals surface area (Å²) in [5.41, 5.74) is 2.05. The van der Waals surface area contributed by atoms with E-state index in [4.69, 9.17) is 4.74 Å². The van der Waals surface area contributed by atoms with Crippen molar-refractivity contribution in [3.8, 4) is 11.5 Å².